The molecule has 0 unspecified atom stereocenters. The van der Waals surface area contributed by atoms with Gasteiger partial charge >= 0.3 is 11.7 Å². The number of H-pyrrole nitrogens is 2. The summed E-state index contributed by atoms with van der Waals surface area (Å²) >= 11 is 4.59. The van der Waals surface area contributed by atoms with Crippen LogP contribution in [0.1, 0.15) is 15.2 Å². The van der Waals surface area contributed by atoms with E-state index in [-0.39, 0.29) is 5.69 Å². The first-order chi connectivity index (χ1) is 11.4. The SMILES string of the molecule is Cc1ccsc1C(=O)OCC(=O)Nc1cc2[nH]c(=O)[nH]c2cc1Br. The molecule has 0 saturated heterocycles. The number of nitrogens with one attached hydrogen (secondary N) is 3. The Labute approximate surface area is 148 Å². The molecule has 0 spiro atoms. The van der Waals surface area contributed by atoms with Gasteiger partial charge in [0.25, 0.3) is 5.91 Å². The number of thiophene rings is 1. The number of rotatable bonds is 4. The lowest BCUT2D eigenvalue weighted by Gasteiger charge is -2.08. The van der Waals surface area contributed by atoms with E-state index in [0.717, 1.165) is 5.56 Å². The fourth-order valence-corrected chi connectivity index (χ4v) is 3.38. The third kappa shape index (κ3) is 3.41. The van der Waals surface area contributed by atoms with Crippen LogP contribution in [0.3, 0.4) is 0 Å². The average Bonchev–Trinajstić information content (AvgIpc) is 3.10. The predicted octanol–water partition coefficient (Wildman–Crippen LogP) is 2.78. The van der Waals surface area contributed by atoms with E-state index in [9.17, 15) is 14.4 Å². The van der Waals surface area contributed by atoms with E-state index < -0.39 is 18.5 Å². The molecule has 3 aromatic rings. The summed E-state index contributed by atoms with van der Waals surface area (Å²) in [6, 6.07) is 5.09. The molecule has 2 heterocycles. The van der Waals surface area contributed by atoms with Crippen LogP contribution in [0.4, 0.5) is 5.69 Å². The third-order valence-electron chi connectivity index (χ3n) is 3.26. The van der Waals surface area contributed by atoms with Crippen LogP contribution in [0.2, 0.25) is 0 Å². The van der Waals surface area contributed by atoms with E-state index in [1.54, 1.807) is 24.4 Å². The molecule has 9 heteroatoms. The Balaban J connectivity index is 1.66. The quantitative estimate of drug-likeness (QED) is 0.576. The van der Waals surface area contributed by atoms with Crippen LogP contribution in [-0.2, 0) is 9.53 Å². The summed E-state index contributed by atoms with van der Waals surface area (Å²) in [6.45, 7) is 1.40. The van der Waals surface area contributed by atoms with Crippen molar-refractivity contribution < 1.29 is 14.3 Å². The number of aromatic nitrogens is 2. The zero-order valence-electron chi connectivity index (χ0n) is 12.4. The molecule has 0 saturated carbocycles. The topological polar surface area (TPSA) is 104 Å². The van der Waals surface area contributed by atoms with Gasteiger partial charge in [0.15, 0.2) is 6.61 Å². The number of carbonyl (C=O) groups excluding carboxylic acids is 2. The Morgan fingerprint density at radius 2 is 2.00 bits per heavy atom. The van der Waals surface area contributed by atoms with Crippen molar-refractivity contribution in [3.8, 4) is 0 Å². The monoisotopic (exact) mass is 409 g/mol. The van der Waals surface area contributed by atoms with Gasteiger partial charge in [-0.15, -0.1) is 11.3 Å². The van der Waals surface area contributed by atoms with Crippen molar-refractivity contribution >= 4 is 55.9 Å². The largest absolute Gasteiger partial charge is 0.451 e. The minimum atomic E-state index is -0.526. The van der Waals surface area contributed by atoms with Gasteiger partial charge in [-0.25, -0.2) is 9.59 Å². The van der Waals surface area contributed by atoms with Gasteiger partial charge in [-0.3, -0.25) is 4.79 Å². The van der Waals surface area contributed by atoms with Crippen molar-refractivity contribution in [2.24, 2.45) is 0 Å². The highest BCUT2D eigenvalue weighted by Gasteiger charge is 2.15. The van der Waals surface area contributed by atoms with Crippen LogP contribution in [0, 0.1) is 6.92 Å². The second-order valence-corrected chi connectivity index (χ2v) is 6.78. The number of amides is 1. The van der Waals surface area contributed by atoms with Crippen molar-refractivity contribution in [1.82, 2.24) is 9.97 Å². The zero-order chi connectivity index (χ0) is 17.3. The van der Waals surface area contributed by atoms with Gasteiger partial charge in [-0.1, -0.05) is 0 Å². The van der Waals surface area contributed by atoms with Crippen LogP contribution in [-0.4, -0.2) is 28.5 Å². The molecule has 2 aromatic heterocycles. The summed E-state index contributed by atoms with van der Waals surface area (Å²) in [6.07, 6.45) is 0. The van der Waals surface area contributed by atoms with Crippen LogP contribution < -0.4 is 11.0 Å². The number of carbonyl (C=O) groups is 2. The smallest absolute Gasteiger partial charge is 0.349 e. The molecular weight excluding hydrogens is 398 g/mol. The van der Waals surface area contributed by atoms with Crippen LogP contribution in [0.15, 0.2) is 32.8 Å². The number of esters is 1. The number of hydrogen-bond acceptors (Lipinski definition) is 5. The van der Waals surface area contributed by atoms with E-state index in [0.29, 0.717) is 26.1 Å². The number of hydrogen-bond donors (Lipinski definition) is 3. The highest BCUT2D eigenvalue weighted by atomic mass is 79.9. The minimum Gasteiger partial charge on any atom is -0.451 e. The number of benzene rings is 1. The van der Waals surface area contributed by atoms with Gasteiger partial charge in [0.1, 0.15) is 4.88 Å². The molecule has 0 aliphatic carbocycles. The van der Waals surface area contributed by atoms with Crippen molar-refractivity contribution in [2.75, 3.05) is 11.9 Å². The maximum absolute atomic E-state index is 12.0. The molecule has 1 aromatic carbocycles. The molecule has 3 rings (SSSR count). The van der Waals surface area contributed by atoms with Crippen LogP contribution >= 0.6 is 27.3 Å². The third-order valence-corrected chi connectivity index (χ3v) is 4.91. The molecule has 0 fully saturated rings. The summed E-state index contributed by atoms with van der Waals surface area (Å²) in [5, 5.41) is 4.42. The standard InChI is InChI=1S/C15H12BrN3O4S/c1-7-2-3-24-13(7)14(21)23-6-12(20)17-9-5-11-10(4-8(9)16)18-15(22)19-11/h2-5H,6H2,1H3,(H,17,20)(H2,18,19,22). The van der Waals surface area contributed by atoms with Crippen LogP contribution in [0.25, 0.3) is 11.0 Å². The lowest BCUT2D eigenvalue weighted by molar-refractivity contribution is -0.119. The van der Waals surface area contributed by atoms with Gasteiger partial charge < -0.3 is 20.0 Å². The number of aromatic amines is 2. The van der Waals surface area contributed by atoms with Gasteiger partial charge in [-0.2, -0.15) is 0 Å². The van der Waals surface area contributed by atoms with Crippen LogP contribution in [0.5, 0.6) is 0 Å². The predicted molar refractivity (Wildman–Crippen MR) is 94.6 cm³/mol. The maximum Gasteiger partial charge on any atom is 0.349 e. The first-order valence-corrected chi connectivity index (χ1v) is 8.54. The van der Waals surface area contributed by atoms with E-state index >= 15 is 0 Å². The van der Waals surface area contributed by atoms with Crippen molar-refractivity contribution in [3.05, 3.63) is 49.0 Å². The zero-order valence-corrected chi connectivity index (χ0v) is 14.8. The van der Waals surface area contributed by atoms with E-state index in [2.05, 4.69) is 31.2 Å². The summed E-state index contributed by atoms with van der Waals surface area (Å²) < 4.78 is 5.61. The molecule has 0 radical (unpaired) electrons. The first-order valence-electron chi connectivity index (χ1n) is 6.86. The molecule has 7 nitrogen and oxygen atoms in total. The Kier molecular flexibility index (Phi) is 4.54. The number of anilines is 1. The average molecular weight is 410 g/mol. The normalized spacial score (nSPS) is 10.8. The Morgan fingerprint density at radius 1 is 1.29 bits per heavy atom. The van der Waals surface area contributed by atoms with Crippen molar-refractivity contribution in [3.63, 3.8) is 0 Å². The number of imidazole rings is 1. The van der Waals surface area contributed by atoms with Crippen molar-refractivity contribution in [2.45, 2.75) is 6.92 Å². The summed E-state index contributed by atoms with van der Waals surface area (Å²) in [4.78, 5) is 40.9. The molecule has 1 amide bonds. The van der Waals surface area contributed by atoms with E-state index in [1.165, 1.54) is 11.3 Å². The second-order valence-electron chi connectivity index (χ2n) is 5.01. The van der Waals surface area contributed by atoms with Crippen molar-refractivity contribution in [1.29, 1.82) is 0 Å². The number of ether oxygens (including phenoxy) is 1. The number of fused-ring (bicyclic) bond motifs is 1. The number of aryl methyl sites for hydroxylation is 1. The second kappa shape index (κ2) is 6.62. The summed E-state index contributed by atoms with van der Waals surface area (Å²) in [5.74, 6) is -1.00. The Morgan fingerprint density at radius 3 is 2.67 bits per heavy atom. The van der Waals surface area contributed by atoms with Gasteiger partial charge in [0.2, 0.25) is 0 Å². The number of halogens is 1. The summed E-state index contributed by atoms with van der Waals surface area (Å²) in [7, 11) is 0. The molecule has 24 heavy (non-hydrogen) atoms. The minimum absolute atomic E-state index is 0.333. The highest BCUT2D eigenvalue weighted by Crippen LogP contribution is 2.26. The van der Waals surface area contributed by atoms with Gasteiger partial charge in [0, 0.05) is 4.47 Å². The molecular formula is C15H12BrN3O4S. The molecule has 0 bridgehead atoms. The van der Waals surface area contributed by atoms with E-state index in [1.807, 2.05) is 6.07 Å². The highest BCUT2D eigenvalue weighted by molar-refractivity contribution is 9.10. The fourth-order valence-electron chi connectivity index (χ4n) is 2.12. The molecule has 0 aliphatic heterocycles. The van der Waals surface area contributed by atoms with Gasteiger partial charge in [0.05, 0.1) is 16.7 Å². The van der Waals surface area contributed by atoms with E-state index in [4.69, 9.17) is 4.74 Å². The Bertz CT molecular complexity index is 988. The molecule has 0 atom stereocenters. The fraction of sp³-hybridized carbons (Fsp3) is 0.133. The molecule has 3 N–H and O–H groups in total. The molecule has 0 aliphatic rings. The first kappa shape index (κ1) is 16.5. The van der Waals surface area contributed by atoms with Gasteiger partial charge in [-0.05, 0) is 52.0 Å². The maximum atomic E-state index is 12.0. The molecule has 124 valence electrons. The lowest BCUT2D eigenvalue weighted by atomic mass is 10.2. The Hall–Kier alpha value is -2.39. The summed E-state index contributed by atoms with van der Waals surface area (Å²) in [5.41, 5.74) is 2.12. The lowest BCUT2D eigenvalue weighted by Crippen LogP contribution is -2.21.